The van der Waals surface area contributed by atoms with Gasteiger partial charge in [0.15, 0.2) is 5.13 Å². The van der Waals surface area contributed by atoms with E-state index in [0.717, 1.165) is 5.69 Å². The van der Waals surface area contributed by atoms with Gasteiger partial charge in [-0.2, -0.15) is 0 Å². The van der Waals surface area contributed by atoms with Gasteiger partial charge in [-0.25, -0.2) is 18.1 Å². The number of sulfonamides is 1. The topological polar surface area (TPSA) is 94.3 Å². The van der Waals surface area contributed by atoms with E-state index in [-0.39, 0.29) is 4.90 Å². The SMILES string of the molecule is CCOc1cc(S(=O)(=O)NCCCc2csc(N)n2)ccc1Cl. The zero-order valence-corrected chi connectivity index (χ0v) is 15.0. The van der Waals surface area contributed by atoms with E-state index in [1.807, 2.05) is 5.38 Å². The number of rotatable bonds is 8. The molecule has 2 aromatic rings. The number of hydrogen-bond acceptors (Lipinski definition) is 6. The molecule has 0 fully saturated rings. The van der Waals surface area contributed by atoms with Crippen LogP contribution >= 0.6 is 22.9 Å². The molecule has 1 aromatic heterocycles. The van der Waals surface area contributed by atoms with E-state index in [1.165, 1.54) is 29.5 Å². The van der Waals surface area contributed by atoms with Crippen LogP contribution < -0.4 is 15.2 Å². The van der Waals surface area contributed by atoms with Crippen molar-refractivity contribution < 1.29 is 13.2 Å². The van der Waals surface area contributed by atoms with Crippen LogP contribution in [0.25, 0.3) is 0 Å². The van der Waals surface area contributed by atoms with Crippen LogP contribution in [0.3, 0.4) is 0 Å². The predicted molar refractivity (Wildman–Crippen MR) is 92.7 cm³/mol. The molecule has 0 aliphatic rings. The van der Waals surface area contributed by atoms with Crippen molar-refractivity contribution in [3.63, 3.8) is 0 Å². The van der Waals surface area contributed by atoms with Crippen molar-refractivity contribution in [1.29, 1.82) is 0 Å². The molecule has 2 rings (SSSR count). The molecule has 0 aliphatic carbocycles. The number of nitrogen functional groups attached to an aromatic ring is 1. The van der Waals surface area contributed by atoms with Gasteiger partial charge in [0.05, 0.1) is 22.2 Å². The maximum atomic E-state index is 12.3. The van der Waals surface area contributed by atoms with E-state index in [1.54, 1.807) is 6.92 Å². The molecule has 1 aromatic carbocycles. The number of aromatic nitrogens is 1. The number of anilines is 1. The van der Waals surface area contributed by atoms with Gasteiger partial charge in [-0.05, 0) is 31.9 Å². The number of hydrogen-bond donors (Lipinski definition) is 2. The second kappa shape index (κ2) is 7.96. The van der Waals surface area contributed by atoms with Gasteiger partial charge in [-0.15, -0.1) is 11.3 Å². The van der Waals surface area contributed by atoms with E-state index < -0.39 is 10.0 Å². The predicted octanol–water partition coefficient (Wildman–Crippen LogP) is 2.69. The zero-order valence-electron chi connectivity index (χ0n) is 12.6. The number of nitrogens with two attached hydrogens (primary N) is 1. The number of aryl methyl sites for hydroxylation is 1. The minimum absolute atomic E-state index is 0.128. The largest absolute Gasteiger partial charge is 0.492 e. The second-order valence-corrected chi connectivity index (χ2v) is 7.77. The normalized spacial score (nSPS) is 11.6. The lowest BCUT2D eigenvalue weighted by Gasteiger charge is -2.10. The van der Waals surface area contributed by atoms with Gasteiger partial charge in [0.2, 0.25) is 10.0 Å². The molecule has 0 radical (unpaired) electrons. The molecule has 1 heterocycles. The number of benzene rings is 1. The van der Waals surface area contributed by atoms with Crippen molar-refractivity contribution in [2.45, 2.75) is 24.7 Å². The average Bonchev–Trinajstić information content (AvgIpc) is 2.91. The lowest BCUT2D eigenvalue weighted by Crippen LogP contribution is -2.25. The molecule has 0 atom stereocenters. The summed E-state index contributed by atoms with van der Waals surface area (Å²) in [5.74, 6) is 0.356. The number of ether oxygens (including phenoxy) is 1. The maximum absolute atomic E-state index is 12.3. The molecule has 0 amide bonds. The molecule has 0 aliphatic heterocycles. The molecule has 0 saturated carbocycles. The Bertz CT molecular complexity index is 762. The highest BCUT2D eigenvalue weighted by atomic mass is 35.5. The van der Waals surface area contributed by atoms with Crippen molar-refractivity contribution in [2.24, 2.45) is 0 Å². The van der Waals surface area contributed by atoms with Crippen LogP contribution in [0.2, 0.25) is 5.02 Å². The van der Waals surface area contributed by atoms with E-state index in [9.17, 15) is 8.42 Å². The van der Waals surface area contributed by atoms with Crippen LogP contribution in [-0.4, -0.2) is 26.6 Å². The van der Waals surface area contributed by atoms with Crippen molar-refractivity contribution in [3.05, 3.63) is 34.3 Å². The monoisotopic (exact) mass is 375 g/mol. The third-order valence-corrected chi connectivity index (χ3v) is 5.48. The Morgan fingerprint density at radius 2 is 2.22 bits per heavy atom. The molecule has 0 spiro atoms. The van der Waals surface area contributed by atoms with Gasteiger partial charge in [-0.1, -0.05) is 11.6 Å². The Balaban J connectivity index is 1.94. The first-order chi connectivity index (χ1) is 10.9. The Labute approximate surface area is 144 Å². The zero-order chi connectivity index (χ0) is 16.9. The summed E-state index contributed by atoms with van der Waals surface area (Å²) < 4.78 is 32.4. The summed E-state index contributed by atoms with van der Waals surface area (Å²) in [4.78, 5) is 4.26. The lowest BCUT2D eigenvalue weighted by molar-refractivity contribution is 0.339. The van der Waals surface area contributed by atoms with Crippen LogP contribution in [0.15, 0.2) is 28.5 Å². The summed E-state index contributed by atoms with van der Waals surface area (Å²) in [5, 5.41) is 2.77. The third-order valence-electron chi connectivity index (χ3n) is 2.98. The molecule has 23 heavy (non-hydrogen) atoms. The Hall–Kier alpha value is -1.35. The van der Waals surface area contributed by atoms with Crippen molar-refractivity contribution in [2.75, 3.05) is 18.9 Å². The number of thiazole rings is 1. The standard InChI is InChI=1S/C14H18ClN3O3S2/c1-2-21-13-8-11(5-6-12(13)15)23(19,20)17-7-3-4-10-9-22-14(16)18-10/h5-6,8-9,17H,2-4,7H2,1H3,(H2,16,18). The van der Waals surface area contributed by atoms with Gasteiger partial charge >= 0.3 is 0 Å². The van der Waals surface area contributed by atoms with Crippen LogP contribution in [0.4, 0.5) is 5.13 Å². The summed E-state index contributed by atoms with van der Waals surface area (Å²) in [6, 6.07) is 4.39. The molecule has 0 unspecified atom stereocenters. The van der Waals surface area contributed by atoms with Crippen LogP contribution in [0.5, 0.6) is 5.75 Å². The number of nitrogens with zero attached hydrogens (tertiary/aromatic N) is 1. The van der Waals surface area contributed by atoms with E-state index >= 15 is 0 Å². The fraction of sp³-hybridized carbons (Fsp3) is 0.357. The van der Waals surface area contributed by atoms with Crippen molar-refractivity contribution in [3.8, 4) is 5.75 Å². The van der Waals surface area contributed by atoms with E-state index in [4.69, 9.17) is 22.1 Å². The first-order valence-corrected chi connectivity index (χ1v) is 9.78. The van der Waals surface area contributed by atoms with Crippen molar-refractivity contribution >= 4 is 38.1 Å². The van der Waals surface area contributed by atoms with Crippen LogP contribution in [0, 0.1) is 0 Å². The van der Waals surface area contributed by atoms with Crippen molar-refractivity contribution in [1.82, 2.24) is 9.71 Å². The smallest absolute Gasteiger partial charge is 0.240 e. The van der Waals surface area contributed by atoms with Gasteiger partial charge < -0.3 is 10.5 Å². The van der Waals surface area contributed by atoms with Crippen LogP contribution in [-0.2, 0) is 16.4 Å². The second-order valence-electron chi connectivity index (χ2n) is 4.70. The third kappa shape index (κ3) is 5.07. The summed E-state index contributed by atoms with van der Waals surface area (Å²) in [6.07, 6.45) is 1.30. The molecular weight excluding hydrogens is 358 g/mol. The van der Waals surface area contributed by atoms with Gasteiger partial charge in [0.25, 0.3) is 0 Å². The maximum Gasteiger partial charge on any atom is 0.240 e. The number of halogens is 1. The average molecular weight is 376 g/mol. The Morgan fingerprint density at radius 3 is 2.87 bits per heavy atom. The highest BCUT2D eigenvalue weighted by Gasteiger charge is 2.16. The fourth-order valence-corrected chi connectivity index (χ4v) is 3.77. The van der Waals surface area contributed by atoms with E-state index in [2.05, 4.69) is 9.71 Å². The molecular formula is C14H18ClN3O3S2. The summed E-state index contributed by atoms with van der Waals surface area (Å²) in [5.41, 5.74) is 6.42. The molecule has 3 N–H and O–H groups in total. The minimum atomic E-state index is -3.60. The first kappa shape index (κ1) is 18.0. The summed E-state index contributed by atoms with van der Waals surface area (Å²) in [7, 11) is -3.60. The summed E-state index contributed by atoms with van der Waals surface area (Å²) >= 11 is 7.34. The van der Waals surface area contributed by atoms with E-state index in [0.29, 0.717) is 41.9 Å². The molecule has 126 valence electrons. The first-order valence-electron chi connectivity index (χ1n) is 7.04. The molecule has 0 saturated heterocycles. The molecule has 6 nitrogen and oxygen atoms in total. The highest BCUT2D eigenvalue weighted by molar-refractivity contribution is 7.89. The van der Waals surface area contributed by atoms with Gasteiger partial charge in [0, 0.05) is 18.0 Å². The lowest BCUT2D eigenvalue weighted by atomic mass is 10.2. The summed E-state index contributed by atoms with van der Waals surface area (Å²) in [6.45, 7) is 2.53. The van der Waals surface area contributed by atoms with Gasteiger partial charge in [0.1, 0.15) is 5.75 Å². The molecule has 0 bridgehead atoms. The quantitative estimate of drug-likeness (QED) is 0.692. The number of nitrogens with one attached hydrogen (secondary N) is 1. The minimum Gasteiger partial charge on any atom is -0.492 e. The Morgan fingerprint density at radius 1 is 1.43 bits per heavy atom. The Kier molecular flexibility index (Phi) is 6.23. The molecule has 9 heteroatoms. The van der Waals surface area contributed by atoms with Gasteiger partial charge in [-0.3, -0.25) is 0 Å². The van der Waals surface area contributed by atoms with Crippen LogP contribution in [0.1, 0.15) is 19.0 Å². The fourth-order valence-electron chi connectivity index (χ4n) is 1.91. The highest BCUT2D eigenvalue weighted by Crippen LogP contribution is 2.27.